The molecule has 0 radical (unpaired) electrons. The first-order valence-corrected chi connectivity index (χ1v) is 8.08. The molecule has 128 valence electrons. The summed E-state index contributed by atoms with van der Waals surface area (Å²) in [6.45, 7) is 1.28. The third-order valence-corrected chi connectivity index (χ3v) is 3.87. The number of carbonyl (C=O) groups is 1. The maximum atomic E-state index is 12.0. The molecule has 7 heteroatoms. The Morgan fingerprint density at radius 3 is 2.84 bits per heavy atom. The van der Waals surface area contributed by atoms with E-state index in [0.717, 1.165) is 11.5 Å². The minimum atomic E-state index is -0.127. The third-order valence-electron chi connectivity index (χ3n) is 3.87. The van der Waals surface area contributed by atoms with Crippen molar-refractivity contribution in [1.29, 1.82) is 0 Å². The Bertz CT molecular complexity index is 857. The van der Waals surface area contributed by atoms with Gasteiger partial charge in [-0.2, -0.15) is 5.10 Å². The standard InChI is InChI=1S/C18H18N4O3/c23-18(12-21-7-3-4-8-21)20-14-9-19-22(10-14)11-15-13-24-16-5-1-2-6-17(16)25-15/h1-10,15H,11-13H2,(H,20,23). The number of anilines is 1. The molecule has 1 aliphatic heterocycles. The van der Waals surface area contributed by atoms with Gasteiger partial charge in [-0.1, -0.05) is 12.1 Å². The minimum Gasteiger partial charge on any atom is -0.486 e. The summed E-state index contributed by atoms with van der Waals surface area (Å²) < 4.78 is 15.2. The van der Waals surface area contributed by atoms with Crippen molar-refractivity contribution in [3.8, 4) is 11.5 Å². The Labute approximate surface area is 144 Å². The molecule has 1 aromatic carbocycles. The molecule has 0 aliphatic carbocycles. The quantitative estimate of drug-likeness (QED) is 0.774. The molecule has 7 nitrogen and oxygen atoms in total. The molecule has 1 atom stereocenters. The van der Waals surface area contributed by atoms with Gasteiger partial charge in [-0.3, -0.25) is 9.48 Å². The molecule has 1 amide bonds. The van der Waals surface area contributed by atoms with Gasteiger partial charge in [-0.05, 0) is 24.3 Å². The van der Waals surface area contributed by atoms with Crippen molar-refractivity contribution in [1.82, 2.24) is 14.3 Å². The molecular formula is C18H18N4O3. The second kappa shape index (κ2) is 6.72. The van der Waals surface area contributed by atoms with Gasteiger partial charge in [0.15, 0.2) is 17.6 Å². The van der Waals surface area contributed by atoms with Gasteiger partial charge in [0, 0.05) is 18.6 Å². The molecule has 0 fully saturated rings. The Morgan fingerprint density at radius 2 is 2.00 bits per heavy atom. The number of amides is 1. The summed E-state index contributed by atoms with van der Waals surface area (Å²) in [5.74, 6) is 1.41. The number of rotatable bonds is 5. The molecule has 1 unspecified atom stereocenters. The number of carbonyl (C=O) groups excluding carboxylic acids is 1. The highest BCUT2D eigenvalue weighted by molar-refractivity contribution is 5.90. The summed E-state index contributed by atoms with van der Waals surface area (Å²) in [4.78, 5) is 12.0. The number of nitrogens with zero attached hydrogens (tertiary/aromatic N) is 3. The van der Waals surface area contributed by atoms with E-state index in [9.17, 15) is 4.79 Å². The predicted octanol–water partition coefficient (Wildman–Crippen LogP) is 2.16. The summed E-state index contributed by atoms with van der Waals surface area (Å²) in [7, 11) is 0. The van der Waals surface area contributed by atoms with Crippen molar-refractivity contribution in [2.24, 2.45) is 0 Å². The van der Waals surface area contributed by atoms with Crippen LogP contribution in [0.4, 0.5) is 5.69 Å². The van der Waals surface area contributed by atoms with E-state index in [0.29, 0.717) is 18.8 Å². The smallest absolute Gasteiger partial charge is 0.244 e. The van der Waals surface area contributed by atoms with Crippen molar-refractivity contribution in [2.45, 2.75) is 19.2 Å². The first kappa shape index (κ1) is 15.3. The summed E-state index contributed by atoms with van der Waals surface area (Å²) in [6, 6.07) is 11.4. The van der Waals surface area contributed by atoms with Crippen LogP contribution < -0.4 is 14.8 Å². The number of ether oxygens (including phenoxy) is 2. The fraction of sp³-hybridized carbons (Fsp3) is 0.222. The average Bonchev–Trinajstić information content (AvgIpc) is 3.27. The largest absolute Gasteiger partial charge is 0.486 e. The number of fused-ring (bicyclic) bond motifs is 1. The highest BCUT2D eigenvalue weighted by atomic mass is 16.6. The van der Waals surface area contributed by atoms with Gasteiger partial charge in [0.1, 0.15) is 13.2 Å². The SMILES string of the molecule is O=C(Cn1cccc1)Nc1cnn(CC2COc3ccccc3O2)c1. The lowest BCUT2D eigenvalue weighted by molar-refractivity contribution is -0.116. The fourth-order valence-corrected chi connectivity index (χ4v) is 2.73. The van der Waals surface area contributed by atoms with E-state index >= 15 is 0 Å². The lowest BCUT2D eigenvalue weighted by atomic mass is 10.2. The van der Waals surface area contributed by atoms with E-state index < -0.39 is 0 Å². The lowest BCUT2D eigenvalue weighted by Crippen LogP contribution is -2.33. The van der Waals surface area contributed by atoms with Crippen molar-refractivity contribution in [2.75, 3.05) is 11.9 Å². The van der Waals surface area contributed by atoms with E-state index in [1.165, 1.54) is 0 Å². The van der Waals surface area contributed by atoms with Crippen LogP contribution in [0.3, 0.4) is 0 Å². The number of aromatic nitrogens is 3. The van der Waals surface area contributed by atoms with Gasteiger partial charge in [0.2, 0.25) is 5.91 Å². The molecule has 3 aromatic rings. The van der Waals surface area contributed by atoms with Gasteiger partial charge in [-0.15, -0.1) is 0 Å². The van der Waals surface area contributed by atoms with Crippen LogP contribution in [0.15, 0.2) is 61.2 Å². The van der Waals surface area contributed by atoms with Gasteiger partial charge < -0.3 is 19.4 Å². The summed E-state index contributed by atoms with van der Waals surface area (Å²) in [6.07, 6.45) is 6.99. The van der Waals surface area contributed by atoms with Gasteiger partial charge >= 0.3 is 0 Å². The number of hydrogen-bond donors (Lipinski definition) is 1. The number of hydrogen-bond acceptors (Lipinski definition) is 4. The van der Waals surface area contributed by atoms with Crippen LogP contribution in [-0.2, 0) is 17.9 Å². The topological polar surface area (TPSA) is 70.3 Å². The molecule has 3 heterocycles. The van der Waals surface area contributed by atoms with Crippen LogP contribution in [0.1, 0.15) is 0 Å². The summed E-state index contributed by atoms with van der Waals surface area (Å²) in [5.41, 5.74) is 0.661. The third kappa shape index (κ3) is 3.65. The molecule has 25 heavy (non-hydrogen) atoms. The van der Waals surface area contributed by atoms with Crippen molar-refractivity contribution in [3.63, 3.8) is 0 Å². The molecule has 0 bridgehead atoms. The van der Waals surface area contributed by atoms with E-state index in [1.54, 1.807) is 17.1 Å². The number of benzene rings is 1. The second-order valence-electron chi connectivity index (χ2n) is 5.85. The molecule has 0 spiro atoms. The summed E-state index contributed by atoms with van der Waals surface area (Å²) in [5, 5.41) is 7.11. The molecule has 0 saturated heterocycles. The number of para-hydroxylation sites is 2. The van der Waals surface area contributed by atoms with Crippen LogP contribution in [0.2, 0.25) is 0 Å². The Morgan fingerprint density at radius 1 is 1.20 bits per heavy atom. The van der Waals surface area contributed by atoms with Crippen LogP contribution in [0.25, 0.3) is 0 Å². The van der Waals surface area contributed by atoms with E-state index in [4.69, 9.17) is 9.47 Å². The van der Waals surface area contributed by atoms with Gasteiger partial charge in [0.25, 0.3) is 0 Å². The maximum Gasteiger partial charge on any atom is 0.244 e. The van der Waals surface area contributed by atoms with E-state index in [1.807, 2.05) is 53.4 Å². The Balaban J connectivity index is 1.33. The van der Waals surface area contributed by atoms with Crippen LogP contribution >= 0.6 is 0 Å². The second-order valence-corrected chi connectivity index (χ2v) is 5.85. The molecule has 2 aromatic heterocycles. The molecule has 1 aliphatic rings. The first-order chi connectivity index (χ1) is 12.3. The Kier molecular flexibility index (Phi) is 4.12. The monoisotopic (exact) mass is 338 g/mol. The summed E-state index contributed by atoms with van der Waals surface area (Å²) >= 11 is 0. The first-order valence-electron chi connectivity index (χ1n) is 8.08. The molecule has 1 N–H and O–H groups in total. The molecular weight excluding hydrogens is 320 g/mol. The number of nitrogens with one attached hydrogen (secondary N) is 1. The predicted molar refractivity (Wildman–Crippen MR) is 91.6 cm³/mol. The van der Waals surface area contributed by atoms with Crippen molar-refractivity contribution < 1.29 is 14.3 Å². The van der Waals surface area contributed by atoms with E-state index in [-0.39, 0.29) is 18.6 Å². The van der Waals surface area contributed by atoms with Crippen LogP contribution in [0, 0.1) is 0 Å². The average molecular weight is 338 g/mol. The van der Waals surface area contributed by atoms with E-state index in [2.05, 4.69) is 10.4 Å². The van der Waals surface area contributed by atoms with Crippen molar-refractivity contribution >= 4 is 11.6 Å². The van der Waals surface area contributed by atoms with Crippen LogP contribution in [0.5, 0.6) is 11.5 Å². The lowest BCUT2D eigenvalue weighted by Gasteiger charge is -2.26. The Hall–Kier alpha value is -3.22. The minimum absolute atomic E-state index is 0.0954. The highest BCUT2D eigenvalue weighted by Crippen LogP contribution is 2.31. The van der Waals surface area contributed by atoms with Gasteiger partial charge in [-0.25, -0.2) is 0 Å². The normalized spacial score (nSPS) is 15.8. The zero-order chi connectivity index (χ0) is 17.1. The molecule has 4 rings (SSSR count). The maximum absolute atomic E-state index is 12.0. The van der Waals surface area contributed by atoms with Crippen LogP contribution in [-0.4, -0.2) is 33.0 Å². The molecule has 0 saturated carbocycles. The fourth-order valence-electron chi connectivity index (χ4n) is 2.73. The zero-order valence-corrected chi connectivity index (χ0v) is 13.5. The van der Waals surface area contributed by atoms with Crippen molar-refractivity contribution in [3.05, 3.63) is 61.2 Å². The highest BCUT2D eigenvalue weighted by Gasteiger charge is 2.21. The zero-order valence-electron chi connectivity index (χ0n) is 13.5. The van der Waals surface area contributed by atoms with Gasteiger partial charge in [0.05, 0.1) is 18.4 Å².